The molecule has 1 rings (SSSR count). The molecule has 0 atom stereocenters. The highest BCUT2D eigenvalue weighted by molar-refractivity contribution is 9.09. The van der Waals surface area contributed by atoms with Gasteiger partial charge in [0.1, 0.15) is 11.5 Å². The first-order chi connectivity index (χ1) is 8.87. The lowest BCUT2D eigenvalue weighted by molar-refractivity contribution is -0.116. The molecule has 0 unspecified atom stereocenters. The monoisotopic (exact) mass is 356 g/mol. The predicted octanol–water partition coefficient (Wildman–Crippen LogP) is 4.20. The number of carbonyl (C=O) groups is 1. The number of carbonyl (C=O) groups excluding carboxylic acids is 1. The van der Waals surface area contributed by atoms with Crippen molar-refractivity contribution in [3.8, 4) is 5.75 Å². The quantitative estimate of drug-likeness (QED) is 0.564. The van der Waals surface area contributed by atoms with Crippen LogP contribution in [0.1, 0.15) is 12.5 Å². The van der Waals surface area contributed by atoms with Gasteiger partial charge in [0.15, 0.2) is 0 Å². The smallest absolute Gasteiger partial charge is 0.446 e. The van der Waals surface area contributed by atoms with Gasteiger partial charge in [0.2, 0.25) is 0 Å². The molecule has 106 valence electrons. The van der Waals surface area contributed by atoms with Gasteiger partial charge >= 0.3 is 5.51 Å². The zero-order valence-corrected chi connectivity index (χ0v) is 12.5. The third kappa shape index (κ3) is 5.44. The molecule has 0 aromatic heterocycles. The normalized spacial score (nSPS) is 11.4. The van der Waals surface area contributed by atoms with Crippen LogP contribution in [0.3, 0.4) is 0 Å². The van der Waals surface area contributed by atoms with Gasteiger partial charge in [-0.25, -0.2) is 0 Å². The highest BCUT2D eigenvalue weighted by Gasteiger charge is 2.31. The number of alkyl halides is 4. The Morgan fingerprint density at radius 3 is 2.63 bits per heavy atom. The third-order valence-corrected chi connectivity index (χ3v) is 3.60. The summed E-state index contributed by atoms with van der Waals surface area (Å²) in [5.74, 6) is 0.127. The van der Waals surface area contributed by atoms with Crippen molar-refractivity contribution in [1.29, 1.82) is 0 Å². The van der Waals surface area contributed by atoms with Crippen LogP contribution in [0.4, 0.5) is 13.2 Å². The standard InChI is InChI=1S/C12H12BrF3O2S/c1-2-18-10-4-3-5-11(19-12(14,15)16)9(10)6-8(17)7-13/h3-5H,2,6-7H2,1H3. The van der Waals surface area contributed by atoms with Crippen LogP contribution in [0.5, 0.6) is 5.75 Å². The molecule has 0 aliphatic carbocycles. The first kappa shape index (κ1) is 16.4. The van der Waals surface area contributed by atoms with E-state index in [-0.39, 0.29) is 39.8 Å². The largest absolute Gasteiger partial charge is 0.494 e. The summed E-state index contributed by atoms with van der Waals surface area (Å²) in [4.78, 5) is 11.5. The molecule has 2 nitrogen and oxygen atoms in total. The minimum absolute atomic E-state index is 0.00718. The first-order valence-electron chi connectivity index (χ1n) is 5.45. The average molecular weight is 357 g/mol. The number of hydrogen-bond donors (Lipinski definition) is 0. The highest BCUT2D eigenvalue weighted by Crippen LogP contribution is 2.41. The number of hydrogen-bond acceptors (Lipinski definition) is 3. The molecule has 0 amide bonds. The van der Waals surface area contributed by atoms with Gasteiger partial charge in [-0.2, -0.15) is 13.2 Å². The van der Waals surface area contributed by atoms with Gasteiger partial charge in [-0.05, 0) is 30.8 Å². The molecule has 1 aromatic carbocycles. The fourth-order valence-corrected chi connectivity index (χ4v) is 2.37. The van der Waals surface area contributed by atoms with Crippen LogP contribution in [0.15, 0.2) is 23.1 Å². The van der Waals surface area contributed by atoms with Gasteiger partial charge in [0.05, 0.1) is 11.9 Å². The van der Waals surface area contributed by atoms with Crippen LogP contribution < -0.4 is 4.74 Å². The lowest BCUT2D eigenvalue weighted by Gasteiger charge is -2.15. The van der Waals surface area contributed by atoms with E-state index in [0.717, 1.165) is 0 Å². The van der Waals surface area contributed by atoms with Gasteiger partial charge in [0, 0.05) is 16.9 Å². The summed E-state index contributed by atoms with van der Waals surface area (Å²) in [5, 5.41) is 0.101. The number of rotatable bonds is 6. The summed E-state index contributed by atoms with van der Waals surface area (Å²) in [7, 11) is 0. The van der Waals surface area contributed by atoms with E-state index in [0.29, 0.717) is 12.4 Å². The lowest BCUT2D eigenvalue weighted by atomic mass is 10.1. The van der Waals surface area contributed by atoms with Crippen molar-refractivity contribution in [1.82, 2.24) is 0 Å². The van der Waals surface area contributed by atoms with Crippen LogP contribution >= 0.6 is 27.7 Å². The third-order valence-electron chi connectivity index (χ3n) is 2.14. The van der Waals surface area contributed by atoms with Crippen LogP contribution in [0.2, 0.25) is 0 Å². The molecule has 0 heterocycles. The van der Waals surface area contributed by atoms with Crippen LogP contribution in [-0.2, 0) is 11.2 Å². The van der Waals surface area contributed by atoms with E-state index >= 15 is 0 Å². The molecule has 0 radical (unpaired) electrons. The molecule has 0 spiro atoms. The van der Waals surface area contributed by atoms with Gasteiger partial charge in [-0.1, -0.05) is 22.0 Å². The highest BCUT2D eigenvalue weighted by atomic mass is 79.9. The molecule has 7 heteroatoms. The molecule has 0 N–H and O–H groups in total. The Labute approximate surface area is 121 Å². The topological polar surface area (TPSA) is 26.3 Å². The van der Waals surface area contributed by atoms with Gasteiger partial charge in [-0.15, -0.1) is 0 Å². The second-order valence-electron chi connectivity index (χ2n) is 3.56. The molecule has 0 bridgehead atoms. The SMILES string of the molecule is CCOc1cccc(SC(F)(F)F)c1CC(=O)CBr. The molecular weight excluding hydrogens is 345 g/mol. The molecule has 0 aliphatic rings. The molecule has 0 aliphatic heterocycles. The molecule has 0 fully saturated rings. The molecule has 0 saturated carbocycles. The number of thioether (sulfide) groups is 1. The van der Waals surface area contributed by atoms with E-state index in [4.69, 9.17) is 4.74 Å². The minimum atomic E-state index is -4.39. The van der Waals surface area contributed by atoms with E-state index in [1.54, 1.807) is 13.0 Å². The van der Waals surface area contributed by atoms with Crippen molar-refractivity contribution in [2.24, 2.45) is 0 Å². The van der Waals surface area contributed by atoms with Crippen LogP contribution in [-0.4, -0.2) is 23.2 Å². The second-order valence-corrected chi connectivity index (χ2v) is 5.23. The molecule has 0 saturated heterocycles. The van der Waals surface area contributed by atoms with Gasteiger partial charge in [0.25, 0.3) is 0 Å². The summed E-state index contributed by atoms with van der Waals surface area (Å²) in [5.41, 5.74) is -4.10. The average Bonchev–Trinajstić information content (AvgIpc) is 2.31. The minimum Gasteiger partial charge on any atom is -0.494 e. The number of ketones is 1. The van der Waals surface area contributed by atoms with Crippen molar-refractivity contribution in [2.45, 2.75) is 23.7 Å². The fraction of sp³-hybridized carbons (Fsp3) is 0.417. The summed E-state index contributed by atoms with van der Waals surface area (Å²) in [6.45, 7) is 2.06. The van der Waals surface area contributed by atoms with Crippen molar-refractivity contribution in [3.63, 3.8) is 0 Å². The zero-order valence-electron chi connectivity index (χ0n) is 10.1. The maximum Gasteiger partial charge on any atom is 0.446 e. The summed E-state index contributed by atoms with van der Waals surface area (Å²) >= 11 is 2.77. The van der Waals surface area contributed by atoms with E-state index < -0.39 is 5.51 Å². The Bertz CT molecular complexity index is 449. The summed E-state index contributed by atoms with van der Waals surface area (Å²) < 4.78 is 42.7. The van der Waals surface area contributed by atoms with E-state index in [1.165, 1.54) is 12.1 Å². The van der Waals surface area contributed by atoms with Gasteiger partial charge < -0.3 is 4.74 Å². The number of halogens is 4. The molecule has 1 aromatic rings. The van der Waals surface area contributed by atoms with Crippen molar-refractivity contribution < 1.29 is 22.7 Å². The molecule has 19 heavy (non-hydrogen) atoms. The Hall–Kier alpha value is -0.690. The maximum atomic E-state index is 12.5. The Kier molecular flexibility index (Phi) is 6.19. The maximum absolute atomic E-state index is 12.5. The lowest BCUT2D eigenvalue weighted by Crippen LogP contribution is -2.09. The van der Waals surface area contributed by atoms with E-state index in [1.807, 2.05) is 0 Å². The molecular formula is C12H12BrF3O2S. The van der Waals surface area contributed by atoms with E-state index in [9.17, 15) is 18.0 Å². The number of Topliss-reactive ketones (excluding diaryl/α,β-unsaturated/α-hetero) is 1. The predicted molar refractivity (Wildman–Crippen MR) is 72.0 cm³/mol. The summed E-state index contributed by atoms with van der Waals surface area (Å²) in [6.07, 6.45) is -0.0835. The second kappa shape index (κ2) is 7.19. The summed E-state index contributed by atoms with van der Waals surface area (Å²) in [6, 6.07) is 4.40. The Balaban J connectivity index is 3.13. The van der Waals surface area contributed by atoms with Crippen molar-refractivity contribution in [2.75, 3.05) is 11.9 Å². The van der Waals surface area contributed by atoms with Crippen LogP contribution in [0, 0.1) is 0 Å². The number of benzene rings is 1. The van der Waals surface area contributed by atoms with Crippen molar-refractivity contribution >= 4 is 33.5 Å². The fourth-order valence-electron chi connectivity index (χ4n) is 1.48. The Morgan fingerprint density at radius 2 is 2.11 bits per heavy atom. The zero-order chi connectivity index (χ0) is 14.5. The van der Waals surface area contributed by atoms with Gasteiger partial charge in [-0.3, -0.25) is 4.79 Å². The number of ether oxygens (including phenoxy) is 1. The Morgan fingerprint density at radius 1 is 1.42 bits per heavy atom. The van der Waals surface area contributed by atoms with Crippen LogP contribution in [0.25, 0.3) is 0 Å². The van der Waals surface area contributed by atoms with Crippen molar-refractivity contribution in [3.05, 3.63) is 23.8 Å². The van der Waals surface area contributed by atoms with E-state index in [2.05, 4.69) is 15.9 Å². The first-order valence-corrected chi connectivity index (χ1v) is 7.39.